The molecule has 0 aliphatic rings. The minimum Gasteiger partial charge on any atom is -0.409 e. The van der Waals surface area contributed by atoms with Crippen molar-refractivity contribution in [1.82, 2.24) is 5.32 Å². The monoisotopic (exact) mass is 255 g/mol. The molecule has 0 spiro atoms. The van der Waals surface area contributed by atoms with E-state index in [2.05, 4.69) is 41.8 Å². The Hall–Kier alpha value is -1.07. The van der Waals surface area contributed by atoms with Crippen LogP contribution >= 0.6 is 11.3 Å². The van der Waals surface area contributed by atoms with Gasteiger partial charge in [0.15, 0.2) is 0 Å². The first-order valence-corrected chi connectivity index (χ1v) is 6.65. The second-order valence-corrected chi connectivity index (χ2v) is 5.68. The molecule has 1 heterocycles. The van der Waals surface area contributed by atoms with Crippen LogP contribution < -0.4 is 11.1 Å². The molecule has 0 atom stereocenters. The van der Waals surface area contributed by atoms with Gasteiger partial charge in [-0.05, 0) is 24.4 Å². The Bertz CT molecular complexity index is 347. The lowest BCUT2D eigenvalue weighted by Crippen LogP contribution is -2.33. The number of nitrogens with zero attached hydrogens (tertiary/aromatic N) is 1. The largest absolute Gasteiger partial charge is 0.409 e. The van der Waals surface area contributed by atoms with Crippen LogP contribution in [0.5, 0.6) is 0 Å². The second kappa shape index (κ2) is 6.61. The third-order valence-corrected chi connectivity index (χ3v) is 3.91. The van der Waals surface area contributed by atoms with Crippen LogP contribution in [0.25, 0.3) is 0 Å². The third-order valence-electron chi connectivity index (χ3n) is 2.67. The highest BCUT2D eigenvalue weighted by Gasteiger charge is 2.20. The molecule has 0 bridgehead atoms. The summed E-state index contributed by atoms with van der Waals surface area (Å²) in [5.74, 6) is 0.296. The van der Waals surface area contributed by atoms with E-state index in [0.29, 0.717) is 12.3 Å². The van der Waals surface area contributed by atoms with E-state index in [-0.39, 0.29) is 5.41 Å². The molecular formula is C12H21N3OS. The highest BCUT2D eigenvalue weighted by molar-refractivity contribution is 7.10. The zero-order chi connectivity index (χ0) is 12.7. The Kier molecular flexibility index (Phi) is 5.44. The van der Waals surface area contributed by atoms with Gasteiger partial charge in [0.25, 0.3) is 0 Å². The Morgan fingerprint density at radius 3 is 2.94 bits per heavy atom. The predicted octanol–water partition coefficient (Wildman–Crippen LogP) is 2.14. The molecule has 0 amide bonds. The number of hydrogen-bond acceptors (Lipinski definition) is 4. The van der Waals surface area contributed by atoms with E-state index in [1.54, 1.807) is 11.3 Å². The summed E-state index contributed by atoms with van der Waals surface area (Å²) in [5, 5.41) is 16.8. The maximum Gasteiger partial charge on any atom is 0.139 e. The lowest BCUT2D eigenvalue weighted by molar-refractivity contribution is 0.316. The van der Waals surface area contributed by atoms with E-state index in [9.17, 15) is 0 Å². The fourth-order valence-electron chi connectivity index (χ4n) is 1.60. The summed E-state index contributed by atoms with van der Waals surface area (Å²) in [5.41, 5.74) is 5.55. The van der Waals surface area contributed by atoms with Crippen LogP contribution in [0.3, 0.4) is 0 Å². The molecule has 0 aliphatic heterocycles. The van der Waals surface area contributed by atoms with Crippen molar-refractivity contribution in [3.63, 3.8) is 0 Å². The highest BCUT2D eigenvalue weighted by Crippen LogP contribution is 2.26. The zero-order valence-electron chi connectivity index (χ0n) is 10.4. The van der Waals surface area contributed by atoms with Gasteiger partial charge in [-0.15, -0.1) is 11.3 Å². The van der Waals surface area contributed by atoms with Gasteiger partial charge in [0.1, 0.15) is 5.84 Å². The van der Waals surface area contributed by atoms with Crippen molar-refractivity contribution in [2.45, 2.75) is 32.1 Å². The molecule has 1 aromatic heterocycles. The van der Waals surface area contributed by atoms with Crippen LogP contribution in [0.4, 0.5) is 0 Å². The van der Waals surface area contributed by atoms with Gasteiger partial charge in [-0.1, -0.05) is 25.1 Å². The summed E-state index contributed by atoms with van der Waals surface area (Å²) in [6.45, 7) is 6.28. The lowest BCUT2D eigenvalue weighted by atomic mass is 9.91. The molecule has 0 aromatic carbocycles. The van der Waals surface area contributed by atoms with Crippen molar-refractivity contribution in [2.75, 3.05) is 13.1 Å². The quantitative estimate of drug-likeness (QED) is 0.230. The standard InChI is InChI=1S/C12H21N3OS/c1-12(2,10-5-4-8-17-10)9-14-7-3-6-11(13)15-16/h4-5,8,14,16H,3,6-7,9H2,1-2H3,(H2,13,15). The molecule has 5 heteroatoms. The van der Waals surface area contributed by atoms with Gasteiger partial charge >= 0.3 is 0 Å². The first-order chi connectivity index (χ1) is 8.06. The van der Waals surface area contributed by atoms with E-state index in [1.165, 1.54) is 4.88 Å². The molecule has 17 heavy (non-hydrogen) atoms. The van der Waals surface area contributed by atoms with Gasteiger partial charge in [0.05, 0.1) is 0 Å². The zero-order valence-corrected chi connectivity index (χ0v) is 11.3. The average Bonchev–Trinajstić information content (AvgIpc) is 2.82. The summed E-state index contributed by atoms with van der Waals surface area (Å²) < 4.78 is 0. The van der Waals surface area contributed by atoms with E-state index in [1.807, 2.05) is 0 Å². The van der Waals surface area contributed by atoms with Crippen LogP contribution in [0, 0.1) is 0 Å². The van der Waals surface area contributed by atoms with Crippen molar-refractivity contribution < 1.29 is 5.21 Å². The van der Waals surface area contributed by atoms with Gasteiger partial charge in [-0.3, -0.25) is 0 Å². The Labute approximate surface area is 107 Å². The van der Waals surface area contributed by atoms with Crippen LogP contribution in [-0.2, 0) is 5.41 Å². The molecule has 4 N–H and O–H groups in total. The number of oxime groups is 1. The molecule has 0 saturated heterocycles. The molecule has 0 radical (unpaired) electrons. The lowest BCUT2D eigenvalue weighted by Gasteiger charge is -2.23. The van der Waals surface area contributed by atoms with Crippen molar-refractivity contribution in [3.05, 3.63) is 22.4 Å². The first-order valence-electron chi connectivity index (χ1n) is 5.77. The molecule has 96 valence electrons. The fraction of sp³-hybridized carbons (Fsp3) is 0.583. The summed E-state index contributed by atoms with van der Waals surface area (Å²) in [6, 6.07) is 4.25. The minimum absolute atomic E-state index is 0.158. The molecule has 0 saturated carbocycles. The van der Waals surface area contributed by atoms with E-state index >= 15 is 0 Å². The highest BCUT2D eigenvalue weighted by atomic mass is 32.1. The van der Waals surface area contributed by atoms with Crippen LogP contribution in [0.15, 0.2) is 22.7 Å². The Balaban J connectivity index is 2.22. The average molecular weight is 255 g/mol. The number of hydrogen-bond donors (Lipinski definition) is 3. The number of nitrogens with two attached hydrogens (primary N) is 1. The number of rotatable bonds is 7. The molecule has 1 rings (SSSR count). The summed E-state index contributed by atoms with van der Waals surface area (Å²) in [6.07, 6.45) is 1.51. The summed E-state index contributed by atoms with van der Waals surface area (Å²) in [4.78, 5) is 1.39. The number of thiophene rings is 1. The Morgan fingerprint density at radius 2 is 2.35 bits per heavy atom. The van der Waals surface area contributed by atoms with Crippen molar-refractivity contribution in [2.24, 2.45) is 10.9 Å². The summed E-state index contributed by atoms with van der Waals surface area (Å²) in [7, 11) is 0. The summed E-state index contributed by atoms with van der Waals surface area (Å²) >= 11 is 1.79. The topological polar surface area (TPSA) is 70.6 Å². The predicted molar refractivity (Wildman–Crippen MR) is 72.9 cm³/mol. The van der Waals surface area contributed by atoms with E-state index < -0.39 is 0 Å². The number of amidine groups is 1. The molecule has 0 aliphatic carbocycles. The van der Waals surface area contributed by atoms with Crippen molar-refractivity contribution in [1.29, 1.82) is 0 Å². The molecule has 1 aromatic rings. The molecule has 0 fully saturated rings. The van der Waals surface area contributed by atoms with Gasteiger partial charge in [-0.25, -0.2) is 0 Å². The van der Waals surface area contributed by atoms with Crippen molar-refractivity contribution in [3.8, 4) is 0 Å². The van der Waals surface area contributed by atoms with Crippen LogP contribution in [0.2, 0.25) is 0 Å². The Morgan fingerprint density at radius 1 is 1.59 bits per heavy atom. The van der Waals surface area contributed by atoms with Gasteiger partial charge < -0.3 is 16.3 Å². The van der Waals surface area contributed by atoms with Crippen LogP contribution in [0.1, 0.15) is 31.6 Å². The third kappa shape index (κ3) is 4.75. The maximum atomic E-state index is 8.39. The number of nitrogens with one attached hydrogen (secondary N) is 1. The normalized spacial score (nSPS) is 12.9. The first kappa shape index (κ1) is 14.0. The van der Waals surface area contributed by atoms with Gasteiger partial charge in [0, 0.05) is 23.3 Å². The smallest absolute Gasteiger partial charge is 0.139 e. The van der Waals surface area contributed by atoms with Gasteiger partial charge in [0.2, 0.25) is 0 Å². The van der Waals surface area contributed by atoms with E-state index in [0.717, 1.165) is 19.5 Å². The second-order valence-electron chi connectivity index (χ2n) is 4.73. The SMILES string of the molecule is CC(C)(CNCCC/C(N)=N/O)c1cccs1. The van der Waals surface area contributed by atoms with E-state index in [4.69, 9.17) is 10.9 Å². The van der Waals surface area contributed by atoms with Gasteiger partial charge in [-0.2, -0.15) is 0 Å². The van der Waals surface area contributed by atoms with Crippen LogP contribution in [-0.4, -0.2) is 24.1 Å². The minimum atomic E-state index is 0.158. The molecule has 4 nitrogen and oxygen atoms in total. The molecular weight excluding hydrogens is 234 g/mol. The molecule has 0 unspecified atom stereocenters. The van der Waals surface area contributed by atoms with Crippen molar-refractivity contribution >= 4 is 17.2 Å². The fourth-order valence-corrected chi connectivity index (χ4v) is 2.45. The maximum absolute atomic E-state index is 8.39.